The Morgan fingerprint density at radius 3 is 1.54 bits per heavy atom. The second-order valence-electron chi connectivity index (χ2n) is 8.66. The molecule has 0 bridgehead atoms. The van der Waals surface area contributed by atoms with Crippen LogP contribution in [0.3, 0.4) is 0 Å². The Bertz CT molecular complexity index is 373. The molecule has 0 heterocycles. The number of hydrogen-bond donors (Lipinski definition) is 2. The molecule has 0 unspecified atom stereocenters. The van der Waals surface area contributed by atoms with Gasteiger partial charge in [-0.1, -0.05) is 66.2 Å². The zero-order valence-electron chi connectivity index (χ0n) is 19.2. The molecule has 0 aromatic carbocycles. The van der Waals surface area contributed by atoms with E-state index in [2.05, 4.69) is 27.7 Å². The largest absolute Gasteiger partial charge is 0.481 e. The molecule has 168 valence electrons. The summed E-state index contributed by atoms with van der Waals surface area (Å²) >= 11 is 0. The molecule has 0 spiro atoms. The van der Waals surface area contributed by atoms with Crippen LogP contribution in [-0.4, -0.2) is 36.0 Å². The van der Waals surface area contributed by atoms with Gasteiger partial charge in [-0.05, 0) is 55.8 Å². The fourth-order valence-corrected chi connectivity index (χ4v) is 4.50. The van der Waals surface area contributed by atoms with E-state index in [0.717, 1.165) is 71.0 Å². The van der Waals surface area contributed by atoms with Crippen molar-refractivity contribution in [2.75, 3.05) is 19.8 Å². The van der Waals surface area contributed by atoms with E-state index >= 15 is 0 Å². The number of aliphatic carboxylic acids is 1. The normalized spacial score (nSPS) is 12.5. The van der Waals surface area contributed by atoms with Gasteiger partial charge in [-0.25, -0.2) is 0 Å². The first kappa shape index (κ1) is 27.4. The van der Waals surface area contributed by atoms with Crippen molar-refractivity contribution in [3.05, 3.63) is 0 Å². The van der Waals surface area contributed by atoms with E-state index in [9.17, 15) is 4.79 Å². The lowest BCUT2D eigenvalue weighted by molar-refractivity contribution is -0.137. The average Bonchev–Trinajstić information content (AvgIpc) is 2.71. The maximum absolute atomic E-state index is 10.9. The summed E-state index contributed by atoms with van der Waals surface area (Å²) in [6.07, 6.45) is 14.5. The summed E-state index contributed by atoms with van der Waals surface area (Å²) < 4.78 is 5.84. The molecule has 0 amide bonds. The van der Waals surface area contributed by atoms with Gasteiger partial charge in [0.15, 0.2) is 0 Å². The molecular weight excluding hydrogens is 352 g/mol. The third-order valence-electron chi connectivity index (χ3n) is 7.23. The molecule has 0 aromatic rings. The van der Waals surface area contributed by atoms with Crippen molar-refractivity contribution in [3.8, 4) is 0 Å². The number of carboxylic acid groups (broad SMARTS) is 1. The predicted octanol–water partition coefficient (Wildman–Crippen LogP) is 6.59. The van der Waals surface area contributed by atoms with Gasteiger partial charge in [0.2, 0.25) is 0 Å². The van der Waals surface area contributed by atoms with Crippen LogP contribution in [0.25, 0.3) is 0 Å². The Labute approximate surface area is 174 Å². The number of carbonyl (C=O) groups is 1. The third-order valence-corrected chi connectivity index (χ3v) is 7.23. The van der Waals surface area contributed by atoms with Crippen molar-refractivity contribution in [1.82, 2.24) is 0 Å². The molecule has 0 fully saturated rings. The minimum absolute atomic E-state index is 0.191. The van der Waals surface area contributed by atoms with E-state index in [1.54, 1.807) is 0 Å². The molecule has 0 aliphatic heterocycles. The van der Waals surface area contributed by atoms with Gasteiger partial charge >= 0.3 is 5.97 Å². The lowest BCUT2D eigenvalue weighted by Gasteiger charge is -2.32. The summed E-state index contributed by atoms with van der Waals surface area (Å²) in [6, 6.07) is 0. The van der Waals surface area contributed by atoms with Gasteiger partial charge in [-0.3, -0.25) is 4.79 Å². The summed E-state index contributed by atoms with van der Waals surface area (Å²) in [5.41, 5.74) is 0.596. The van der Waals surface area contributed by atoms with Crippen molar-refractivity contribution in [3.63, 3.8) is 0 Å². The Balaban J connectivity index is 3.91. The van der Waals surface area contributed by atoms with Crippen LogP contribution in [-0.2, 0) is 9.53 Å². The molecule has 0 rings (SSSR count). The fraction of sp³-hybridized carbons (Fsp3) is 0.958. The Kier molecular flexibility index (Phi) is 15.9. The Morgan fingerprint density at radius 1 is 0.714 bits per heavy atom. The van der Waals surface area contributed by atoms with Gasteiger partial charge < -0.3 is 14.9 Å². The monoisotopic (exact) mass is 400 g/mol. The standard InChI is InChI=1S/C24H48O4/c1-5-23(6-2,17-13-19-25)15-9-11-20-28-21-12-10-16-24(7-3,8-4)18-14-22(26)27/h25H,5-21H2,1-4H3,(H,26,27). The number of aliphatic hydroxyl groups is 1. The second kappa shape index (κ2) is 16.2. The van der Waals surface area contributed by atoms with Gasteiger partial charge in [0.05, 0.1) is 0 Å². The number of hydrogen-bond acceptors (Lipinski definition) is 3. The SMILES string of the molecule is CCC(CC)(CCCO)CCCCOCCCCC(CC)(CC)CCC(=O)O. The van der Waals surface area contributed by atoms with Gasteiger partial charge in [0.25, 0.3) is 0 Å². The third kappa shape index (κ3) is 11.4. The van der Waals surface area contributed by atoms with Gasteiger partial charge in [-0.2, -0.15) is 0 Å². The molecule has 0 atom stereocenters. The molecule has 0 saturated carbocycles. The maximum Gasteiger partial charge on any atom is 0.303 e. The smallest absolute Gasteiger partial charge is 0.303 e. The number of ether oxygens (including phenoxy) is 1. The van der Waals surface area contributed by atoms with Gasteiger partial charge in [0, 0.05) is 26.2 Å². The summed E-state index contributed by atoms with van der Waals surface area (Å²) in [7, 11) is 0. The van der Waals surface area contributed by atoms with E-state index in [1.165, 1.54) is 25.7 Å². The molecule has 0 saturated heterocycles. The highest BCUT2D eigenvalue weighted by Gasteiger charge is 2.26. The van der Waals surface area contributed by atoms with E-state index in [0.29, 0.717) is 12.0 Å². The zero-order valence-corrected chi connectivity index (χ0v) is 19.2. The molecule has 0 aliphatic rings. The van der Waals surface area contributed by atoms with E-state index in [1.807, 2.05) is 0 Å². The van der Waals surface area contributed by atoms with Crippen LogP contribution < -0.4 is 0 Å². The lowest BCUT2D eigenvalue weighted by atomic mass is 9.74. The number of unbranched alkanes of at least 4 members (excludes halogenated alkanes) is 2. The first-order valence-electron chi connectivity index (χ1n) is 11.8. The van der Waals surface area contributed by atoms with Crippen LogP contribution >= 0.6 is 0 Å². The van der Waals surface area contributed by atoms with Gasteiger partial charge in [0.1, 0.15) is 0 Å². The zero-order chi connectivity index (χ0) is 21.3. The van der Waals surface area contributed by atoms with Gasteiger partial charge in [-0.15, -0.1) is 0 Å². The molecule has 4 nitrogen and oxygen atoms in total. The van der Waals surface area contributed by atoms with E-state index in [4.69, 9.17) is 14.9 Å². The van der Waals surface area contributed by atoms with Crippen LogP contribution in [0.2, 0.25) is 0 Å². The van der Waals surface area contributed by atoms with Crippen LogP contribution in [0.15, 0.2) is 0 Å². The first-order chi connectivity index (χ1) is 13.4. The molecular formula is C24H48O4. The Morgan fingerprint density at radius 2 is 1.14 bits per heavy atom. The summed E-state index contributed by atoms with van der Waals surface area (Å²) in [6.45, 7) is 10.9. The molecule has 28 heavy (non-hydrogen) atoms. The first-order valence-corrected chi connectivity index (χ1v) is 11.8. The topological polar surface area (TPSA) is 66.8 Å². The van der Waals surface area contributed by atoms with Crippen LogP contribution in [0, 0.1) is 10.8 Å². The Hall–Kier alpha value is -0.610. The highest BCUT2D eigenvalue weighted by molar-refractivity contribution is 5.66. The highest BCUT2D eigenvalue weighted by Crippen LogP contribution is 2.38. The lowest BCUT2D eigenvalue weighted by Crippen LogP contribution is -2.20. The molecule has 2 N–H and O–H groups in total. The van der Waals surface area contributed by atoms with Crippen molar-refractivity contribution in [2.45, 2.75) is 118 Å². The van der Waals surface area contributed by atoms with Crippen LogP contribution in [0.1, 0.15) is 118 Å². The van der Waals surface area contributed by atoms with Crippen molar-refractivity contribution < 1.29 is 19.7 Å². The summed E-state index contributed by atoms with van der Waals surface area (Å²) in [5, 5.41) is 18.1. The second-order valence-corrected chi connectivity index (χ2v) is 8.66. The predicted molar refractivity (Wildman–Crippen MR) is 118 cm³/mol. The molecule has 0 aliphatic carbocycles. The minimum atomic E-state index is -0.680. The molecule has 0 radical (unpaired) electrons. The fourth-order valence-electron chi connectivity index (χ4n) is 4.50. The maximum atomic E-state index is 10.9. The molecule has 4 heteroatoms. The van der Waals surface area contributed by atoms with Crippen LogP contribution in [0.4, 0.5) is 0 Å². The number of carboxylic acids is 1. The van der Waals surface area contributed by atoms with E-state index < -0.39 is 5.97 Å². The van der Waals surface area contributed by atoms with Crippen molar-refractivity contribution >= 4 is 5.97 Å². The minimum Gasteiger partial charge on any atom is -0.481 e. The summed E-state index contributed by atoms with van der Waals surface area (Å²) in [4.78, 5) is 10.9. The summed E-state index contributed by atoms with van der Waals surface area (Å²) in [5.74, 6) is -0.680. The number of aliphatic hydroxyl groups excluding tert-OH is 1. The van der Waals surface area contributed by atoms with Crippen LogP contribution in [0.5, 0.6) is 0 Å². The molecule has 0 aromatic heterocycles. The number of rotatable bonds is 20. The average molecular weight is 401 g/mol. The quantitative estimate of drug-likeness (QED) is 0.226. The van der Waals surface area contributed by atoms with E-state index in [-0.39, 0.29) is 11.8 Å². The highest BCUT2D eigenvalue weighted by atomic mass is 16.5. The van der Waals surface area contributed by atoms with Crippen molar-refractivity contribution in [1.29, 1.82) is 0 Å². The van der Waals surface area contributed by atoms with Crippen molar-refractivity contribution in [2.24, 2.45) is 10.8 Å².